The smallest absolute Gasteiger partial charge is 0.316 e. The van der Waals surface area contributed by atoms with Crippen LogP contribution in [0.15, 0.2) is 24.8 Å². The van der Waals surface area contributed by atoms with E-state index in [-0.39, 0.29) is 11.8 Å². The molecule has 0 spiro atoms. The Morgan fingerprint density at radius 3 is 2.80 bits per heavy atom. The van der Waals surface area contributed by atoms with Crippen molar-refractivity contribution in [2.45, 2.75) is 56.8 Å². The van der Waals surface area contributed by atoms with Gasteiger partial charge in [0.25, 0.3) is 0 Å². The molecule has 4 aliphatic rings. The monoisotopic (exact) mass is 346 g/mol. The van der Waals surface area contributed by atoms with E-state index in [1.165, 1.54) is 12.5 Å². The van der Waals surface area contributed by atoms with Crippen LogP contribution in [0.1, 0.15) is 39.0 Å². The summed E-state index contributed by atoms with van der Waals surface area (Å²) in [4.78, 5) is 24.0. The molecule has 0 unspecified atom stereocenters. The van der Waals surface area contributed by atoms with Crippen molar-refractivity contribution in [3.63, 3.8) is 0 Å². The minimum atomic E-state index is -1.22. The minimum absolute atomic E-state index is 0.00458. The maximum atomic E-state index is 12.6. The third kappa shape index (κ3) is 2.24. The van der Waals surface area contributed by atoms with Crippen molar-refractivity contribution in [1.29, 1.82) is 0 Å². The molecule has 5 nitrogen and oxygen atoms in total. The number of esters is 2. The van der Waals surface area contributed by atoms with Gasteiger partial charge in [0.1, 0.15) is 23.7 Å². The zero-order valence-electron chi connectivity index (χ0n) is 14.6. The molecule has 5 heteroatoms. The molecule has 0 aromatic rings. The molecule has 0 amide bonds. The van der Waals surface area contributed by atoms with Crippen molar-refractivity contribution >= 4 is 11.9 Å². The van der Waals surface area contributed by atoms with Gasteiger partial charge in [0, 0.05) is 12.8 Å². The van der Waals surface area contributed by atoms with Gasteiger partial charge in [-0.25, -0.2) is 0 Å². The van der Waals surface area contributed by atoms with Gasteiger partial charge in [0.15, 0.2) is 0 Å². The quantitative estimate of drug-likeness (QED) is 0.614. The molecule has 3 saturated carbocycles. The predicted octanol–water partition coefficient (Wildman–Crippen LogP) is 2.39. The van der Waals surface area contributed by atoms with E-state index in [0.29, 0.717) is 24.7 Å². The van der Waals surface area contributed by atoms with Crippen LogP contribution in [-0.4, -0.2) is 34.9 Å². The van der Waals surface area contributed by atoms with Crippen LogP contribution in [-0.2, 0) is 19.1 Å². The Balaban J connectivity index is 1.70. The lowest BCUT2D eigenvalue weighted by atomic mass is 9.50. The van der Waals surface area contributed by atoms with Crippen LogP contribution in [0.4, 0.5) is 0 Å². The van der Waals surface area contributed by atoms with Crippen molar-refractivity contribution in [3.8, 4) is 0 Å². The molecular formula is C20H26O5. The topological polar surface area (TPSA) is 72.8 Å². The van der Waals surface area contributed by atoms with Crippen LogP contribution >= 0.6 is 0 Å². The maximum Gasteiger partial charge on any atom is 0.316 e. The van der Waals surface area contributed by atoms with E-state index in [0.717, 1.165) is 19.3 Å². The van der Waals surface area contributed by atoms with Crippen molar-refractivity contribution < 1.29 is 24.2 Å². The number of rotatable bonds is 2. The van der Waals surface area contributed by atoms with E-state index in [1.54, 1.807) is 0 Å². The minimum Gasteiger partial charge on any atom is -0.462 e. The van der Waals surface area contributed by atoms with Gasteiger partial charge in [0.05, 0.1) is 0 Å². The number of hydrogen-bond acceptors (Lipinski definition) is 5. The highest BCUT2D eigenvalue weighted by Crippen LogP contribution is 2.60. The lowest BCUT2D eigenvalue weighted by molar-refractivity contribution is -0.202. The predicted molar refractivity (Wildman–Crippen MR) is 90.3 cm³/mol. The average Bonchev–Trinajstić information content (AvgIpc) is 2.80. The van der Waals surface area contributed by atoms with Crippen LogP contribution in [0.3, 0.4) is 0 Å². The Morgan fingerprint density at radius 2 is 2.12 bits per heavy atom. The first-order chi connectivity index (χ1) is 11.9. The van der Waals surface area contributed by atoms with Gasteiger partial charge in [-0.05, 0) is 49.9 Å². The average molecular weight is 346 g/mol. The van der Waals surface area contributed by atoms with Gasteiger partial charge in [-0.2, -0.15) is 0 Å². The van der Waals surface area contributed by atoms with Crippen molar-refractivity contribution in [2.75, 3.05) is 0 Å². The zero-order valence-corrected chi connectivity index (χ0v) is 14.6. The van der Waals surface area contributed by atoms with Gasteiger partial charge >= 0.3 is 11.9 Å². The third-order valence-corrected chi connectivity index (χ3v) is 7.11. The van der Waals surface area contributed by atoms with Crippen LogP contribution in [0.2, 0.25) is 0 Å². The molecule has 1 heterocycles. The second-order valence-corrected chi connectivity index (χ2v) is 8.14. The van der Waals surface area contributed by atoms with Crippen molar-refractivity contribution in [3.05, 3.63) is 24.8 Å². The molecular weight excluding hydrogens is 320 g/mol. The summed E-state index contributed by atoms with van der Waals surface area (Å²) < 4.78 is 11.0. The first-order valence-corrected chi connectivity index (χ1v) is 9.28. The van der Waals surface area contributed by atoms with Gasteiger partial charge < -0.3 is 14.6 Å². The fraction of sp³-hybridized carbons (Fsp3) is 0.700. The maximum absolute atomic E-state index is 12.6. The standard InChI is InChI=1S/C20H26O5/c1-4-12-10(2)5-6-13-14(12)9-17-20(23)15(13)7-8-16(24-11(3)21)18(20)19(22)25-17/h4,12-18,23H,1-2,5-9H2,3H3/t12-,13+,14-,15-,16-,17-,18-,20-/m1/s1. The highest BCUT2D eigenvalue weighted by Gasteiger charge is 2.70. The summed E-state index contributed by atoms with van der Waals surface area (Å²) in [5.41, 5.74) is -0.0303. The number of carbonyl (C=O) groups excluding carboxylic acids is 2. The molecule has 0 bridgehead atoms. The molecule has 25 heavy (non-hydrogen) atoms. The van der Waals surface area contributed by atoms with Crippen LogP contribution in [0, 0.1) is 29.6 Å². The Labute approximate surface area is 148 Å². The Bertz CT molecular complexity index is 640. The largest absolute Gasteiger partial charge is 0.462 e. The lowest BCUT2D eigenvalue weighted by Crippen LogP contribution is -2.64. The van der Waals surface area contributed by atoms with Crippen molar-refractivity contribution in [2.24, 2.45) is 29.6 Å². The van der Waals surface area contributed by atoms with E-state index in [2.05, 4.69) is 13.2 Å². The summed E-state index contributed by atoms with van der Waals surface area (Å²) in [6.07, 6.45) is 4.74. The molecule has 1 saturated heterocycles. The van der Waals surface area contributed by atoms with Crippen LogP contribution < -0.4 is 0 Å². The molecule has 4 fully saturated rings. The Morgan fingerprint density at radius 1 is 1.36 bits per heavy atom. The number of hydrogen-bond donors (Lipinski definition) is 1. The summed E-state index contributed by atoms with van der Waals surface area (Å²) in [6.45, 7) is 9.52. The molecule has 1 aliphatic heterocycles. The third-order valence-electron chi connectivity index (χ3n) is 7.11. The Hall–Kier alpha value is -1.62. The molecule has 4 rings (SSSR count). The summed E-state index contributed by atoms with van der Waals surface area (Å²) in [5, 5.41) is 11.6. The SMILES string of the molecule is C=C[C@@H]1C(=C)CC[C@H]2[C@@H]1C[C@H]1OC(=O)[C@H]3[C@H](OC(C)=O)CC[C@H]2[C@@]13O. The fourth-order valence-corrected chi connectivity index (χ4v) is 6.20. The molecule has 0 aromatic heterocycles. The highest BCUT2D eigenvalue weighted by atomic mass is 16.6. The molecule has 0 aromatic carbocycles. The van der Waals surface area contributed by atoms with Crippen LogP contribution in [0.25, 0.3) is 0 Å². The Kier molecular flexibility index (Phi) is 3.83. The van der Waals surface area contributed by atoms with Crippen LogP contribution in [0.5, 0.6) is 0 Å². The molecule has 3 aliphatic carbocycles. The summed E-state index contributed by atoms with van der Waals surface area (Å²) >= 11 is 0. The zero-order chi connectivity index (χ0) is 17.9. The van der Waals surface area contributed by atoms with E-state index in [1.807, 2.05) is 6.08 Å². The number of fused-ring (bicyclic) bond motifs is 2. The number of carbonyl (C=O) groups is 2. The van der Waals surface area contributed by atoms with Gasteiger partial charge in [-0.1, -0.05) is 18.2 Å². The van der Waals surface area contributed by atoms with Gasteiger partial charge in [-0.3, -0.25) is 9.59 Å². The molecule has 8 atom stereocenters. The second kappa shape index (κ2) is 5.70. The molecule has 0 radical (unpaired) electrons. The number of allylic oxidation sites excluding steroid dienone is 2. The lowest BCUT2D eigenvalue weighted by Gasteiger charge is -2.56. The van der Waals surface area contributed by atoms with E-state index < -0.39 is 35.7 Å². The summed E-state index contributed by atoms with van der Waals surface area (Å²) in [7, 11) is 0. The molecule has 1 N–H and O–H groups in total. The fourth-order valence-electron chi connectivity index (χ4n) is 6.20. The van der Waals surface area contributed by atoms with Crippen molar-refractivity contribution in [1.82, 2.24) is 0 Å². The first-order valence-electron chi connectivity index (χ1n) is 9.28. The van der Waals surface area contributed by atoms with E-state index in [9.17, 15) is 14.7 Å². The normalized spacial score (nSPS) is 48.2. The van der Waals surface area contributed by atoms with Gasteiger partial charge in [0.2, 0.25) is 0 Å². The first kappa shape index (κ1) is 16.8. The number of aliphatic hydroxyl groups is 1. The summed E-state index contributed by atoms with van der Waals surface area (Å²) in [5.74, 6) is -0.750. The van der Waals surface area contributed by atoms with Gasteiger partial charge in [-0.15, -0.1) is 6.58 Å². The second-order valence-electron chi connectivity index (χ2n) is 8.14. The highest BCUT2D eigenvalue weighted by molar-refractivity contribution is 5.79. The molecule has 136 valence electrons. The number of ether oxygens (including phenoxy) is 2. The summed E-state index contributed by atoms with van der Waals surface area (Å²) in [6, 6.07) is 0. The van der Waals surface area contributed by atoms with E-state index >= 15 is 0 Å². The van der Waals surface area contributed by atoms with E-state index in [4.69, 9.17) is 9.47 Å².